The van der Waals surface area contributed by atoms with E-state index in [4.69, 9.17) is 9.47 Å². The Morgan fingerprint density at radius 1 is 1.50 bits per heavy atom. The number of ether oxygens (including phenoxy) is 2. The van der Waals surface area contributed by atoms with Crippen LogP contribution in [0.2, 0.25) is 0 Å². The zero-order chi connectivity index (χ0) is 13.0. The molecule has 0 atom stereocenters. The van der Waals surface area contributed by atoms with E-state index in [1.165, 1.54) is 26.4 Å². The highest BCUT2D eigenvalue weighted by molar-refractivity contribution is 5.90. The van der Waals surface area contributed by atoms with E-state index in [1.807, 2.05) is 6.07 Å². The lowest BCUT2D eigenvalue weighted by atomic mass is 9.86. The Morgan fingerprint density at radius 3 is 2.83 bits per heavy atom. The van der Waals surface area contributed by atoms with Gasteiger partial charge in [0, 0.05) is 5.56 Å². The predicted molar refractivity (Wildman–Crippen MR) is 70.7 cm³/mol. The van der Waals surface area contributed by atoms with Crippen LogP contribution in [0.3, 0.4) is 0 Å². The monoisotopic (exact) mass is 246 g/mol. The van der Waals surface area contributed by atoms with Crippen LogP contribution in [0.5, 0.6) is 5.75 Å². The third kappa shape index (κ3) is 2.73. The zero-order valence-corrected chi connectivity index (χ0v) is 10.6. The van der Waals surface area contributed by atoms with Crippen LogP contribution in [0.15, 0.2) is 24.8 Å². The van der Waals surface area contributed by atoms with Crippen molar-refractivity contribution >= 4 is 12.0 Å². The van der Waals surface area contributed by atoms with Crippen LogP contribution in [-0.4, -0.2) is 19.7 Å². The summed E-state index contributed by atoms with van der Waals surface area (Å²) in [4.78, 5) is 11.5. The molecule has 0 aliphatic heterocycles. The predicted octanol–water partition coefficient (Wildman–Crippen LogP) is 3.30. The highest BCUT2D eigenvalue weighted by atomic mass is 16.5. The molecule has 3 nitrogen and oxygen atoms in total. The van der Waals surface area contributed by atoms with E-state index in [1.54, 1.807) is 18.2 Å². The molecular formula is C15H18O3. The molecule has 0 unspecified atom stereocenters. The van der Waals surface area contributed by atoms with Crippen LogP contribution in [0, 0.1) is 5.92 Å². The topological polar surface area (TPSA) is 35.5 Å². The average Bonchev–Trinajstić information content (AvgIpc) is 2.35. The molecule has 0 heterocycles. The standard InChI is InChI=1S/C15H18O3/c1-3-12-7-8-13(15(16)17-2)9-14(12)18-10-11-5-4-6-11/h3,7-9,11H,1,4-6,10H2,2H3. The van der Waals surface area contributed by atoms with Gasteiger partial charge in [0.1, 0.15) is 5.75 Å². The zero-order valence-electron chi connectivity index (χ0n) is 10.6. The minimum absolute atomic E-state index is 0.348. The molecule has 1 fully saturated rings. The summed E-state index contributed by atoms with van der Waals surface area (Å²) < 4.78 is 10.5. The molecule has 0 aromatic heterocycles. The number of hydrogen-bond acceptors (Lipinski definition) is 3. The number of carbonyl (C=O) groups is 1. The number of methoxy groups -OCH3 is 1. The van der Waals surface area contributed by atoms with Gasteiger partial charge in [0.25, 0.3) is 0 Å². The van der Waals surface area contributed by atoms with Crippen LogP contribution < -0.4 is 4.74 Å². The van der Waals surface area contributed by atoms with Crippen LogP contribution in [0.4, 0.5) is 0 Å². The first-order chi connectivity index (χ1) is 8.74. The third-order valence-electron chi connectivity index (χ3n) is 3.35. The summed E-state index contributed by atoms with van der Waals surface area (Å²) >= 11 is 0. The summed E-state index contributed by atoms with van der Waals surface area (Å²) in [6, 6.07) is 5.27. The van der Waals surface area contributed by atoms with Gasteiger partial charge in [0.05, 0.1) is 19.3 Å². The smallest absolute Gasteiger partial charge is 0.337 e. The van der Waals surface area contributed by atoms with Crippen molar-refractivity contribution in [2.75, 3.05) is 13.7 Å². The molecule has 0 bridgehead atoms. The minimum atomic E-state index is -0.348. The lowest BCUT2D eigenvalue weighted by Gasteiger charge is -2.25. The van der Waals surface area contributed by atoms with E-state index < -0.39 is 0 Å². The molecule has 0 amide bonds. The maximum Gasteiger partial charge on any atom is 0.337 e. The summed E-state index contributed by atoms with van der Waals surface area (Å²) in [5, 5.41) is 0. The SMILES string of the molecule is C=Cc1ccc(C(=O)OC)cc1OCC1CCC1. The molecule has 18 heavy (non-hydrogen) atoms. The fourth-order valence-corrected chi connectivity index (χ4v) is 1.94. The molecule has 0 N–H and O–H groups in total. The highest BCUT2D eigenvalue weighted by Crippen LogP contribution is 2.29. The van der Waals surface area contributed by atoms with Crippen molar-refractivity contribution in [3.05, 3.63) is 35.9 Å². The molecule has 3 heteroatoms. The van der Waals surface area contributed by atoms with E-state index in [2.05, 4.69) is 6.58 Å². The largest absolute Gasteiger partial charge is 0.493 e. The highest BCUT2D eigenvalue weighted by Gasteiger charge is 2.18. The summed E-state index contributed by atoms with van der Waals surface area (Å²) in [6.07, 6.45) is 5.50. The second-order valence-electron chi connectivity index (χ2n) is 4.56. The molecule has 0 saturated heterocycles. The molecular weight excluding hydrogens is 228 g/mol. The van der Waals surface area contributed by atoms with Crippen molar-refractivity contribution in [1.82, 2.24) is 0 Å². The van der Waals surface area contributed by atoms with Gasteiger partial charge >= 0.3 is 5.97 Å². The van der Waals surface area contributed by atoms with Crippen molar-refractivity contribution in [1.29, 1.82) is 0 Å². The van der Waals surface area contributed by atoms with Crippen molar-refractivity contribution in [2.45, 2.75) is 19.3 Å². The van der Waals surface area contributed by atoms with Crippen molar-refractivity contribution in [3.63, 3.8) is 0 Å². The number of benzene rings is 1. The summed E-state index contributed by atoms with van der Waals surface area (Å²) in [5.74, 6) is 1.02. The maximum absolute atomic E-state index is 11.5. The van der Waals surface area contributed by atoms with Crippen molar-refractivity contribution in [3.8, 4) is 5.75 Å². The second-order valence-corrected chi connectivity index (χ2v) is 4.56. The van der Waals surface area contributed by atoms with Gasteiger partial charge in [-0.15, -0.1) is 0 Å². The quantitative estimate of drug-likeness (QED) is 0.748. The molecule has 1 aromatic rings. The van der Waals surface area contributed by atoms with Gasteiger partial charge in [-0.05, 0) is 30.9 Å². The van der Waals surface area contributed by atoms with Crippen LogP contribution in [0.1, 0.15) is 35.2 Å². The molecule has 1 aliphatic rings. The Labute approximate surface area is 107 Å². The molecule has 96 valence electrons. The van der Waals surface area contributed by atoms with Crippen molar-refractivity contribution < 1.29 is 14.3 Å². The molecule has 0 radical (unpaired) electrons. The second kappa shape index (κ2) is 5.71. The Morgan fingerprint density at radius 2 is 2.28 bits per heavy atom. The Kier molecular flexibility index (Phi) is 4.03. The number of hydrogen-bond donors (Lipinski definition) is 0. The Hall–Kier alpha value is -1.77. The molecule has 1 aliphatic carbocycles. The van der Waals surface area contributed by atoms with E-state index in [0.29, 0.717) is 23.8 Å². The first-order valence-corrected chi connectivity index (χ1v) is 6.22. The summed E-state index contributed by atoms with van der Waals surface area (Å²) in [7, 11) is 1.37. The van der Waals surface area contributed by atoms with Gasteiger partial charge in [-0.1, -0.05) is 25.1 Å². The minimum Gasteiger partial charge on any atom is -0.493 e. The normalized spacial score (nSPS) is 14.7. The van der Waals surface area contributed by atoms with Gasteiger partial charge in [-0.25, -0.2) is 4.79 Å². The summed E-state index contributed by atoms with van der Waals surface area (Å²) in [6.45, 7) is 4.47. The van der Waals surface area contributed by atoms with Gasteiger partial charge < -0.3 is 9.47 Å². The summed E-state index contributed by atoms with van der Waals surface area (Å²) in [5.41, 5.74) is 1.41. The van der Waals surface area contributed by atoms with Gasteiger partial charge in [0.15, 0.2) is 0 Å². The van der Waals surface area contributed by atoms with Gasteiger partial charge in [0.2, 0.25) is 0 Å². The fourth-order valence-electron chi connectivity index (χ4n) is 1.94. The first-order valence-electron chi connectivity index (χ1n) is 6.22. The van der Waals surface area contributed by atoms with E-state index in [0.717, 1.165) is 5.56 Å². The van der Waals surface area contributed by atoms with E-state index >= 15 is 0 Å². The van der Waals surface area contributed by atoms with Gasteiger partial charge in [-0.3, -0.25) is 0 Å². The van der Waals surface area contributed by atoms with Crippen LogP contribution in [-0.2, 0) is 4.74 Å². The average molecular weight is 246 g/mol. The Balaban J connectivity index is 2.13. The molecule has 0 spiro atoms. The molecule has 2 rings (SSSR count). The van der Waals surface area contributed by atoms with E-state index in [-0.39, 0.29) is 5.97 Å². The van der Waals surface area contributed by atoms with Crippen molar-refractivity contribution in [2.24, 2.45) is 5.92 Å². The number of carbonyl (C=O) groups excluding carboxylic acids is 1. The molecule has 1 aromatic carbocycles. The number of rotatable bonds is 5. The first kappa shape index (κ1) is 12.7. The lowest BCUT2D eigenvalue weighted by Crippen LogP contribution is -2.19. The van der Waals surface area contributed by atoms with Crippen LogP contribution >= 0.6 is 0 Å². The van der Waals surface area contributed by atoms with E-state index in [9.17, 15) is 4.79 Å². The number of esters is 1. The maximum atomic E-state index is 11.5. The Bertz CT molecular complexity index is 447. The molecule has 1 saturated carbocycles. The van der Waals surface area contributed by atoms with Gasteiger partial charge in [-0.2, -0.15) is 0 Å². The fraction of sp³-hybridized carbons (Fsp3) is 0.400. The van der Waals surface area contributed by atoms with Crippen LogP contribution in [0.25, 0.3) is 6.08 Å². The lowest BCUT2D eigenvalue weighted by molar-refractivity contribution is 0.0600. The third-order valence-corrected chi connectivity index (χ3v) is 3.35.